The van der Waals surface area contributed by atoms with Crippen LogP contribution >= 0.6 is 0 Å². The van der Waals surface area contributed by atoms with Crippen LogP contribution in [0, 0.1) is 5.92 Å². The summed E-state index contributed by atoms with van der Waals surface area (Å²) in [6.45, 7) is 6.16. The number of aromatic nitrogens is 1. The topological polar surface area (TPSA) is 147 Å². The van der Waals surface area contributed by atoms with Crippen LogP contribution in [0.25, 0.3) is 6.08 Å². The van der Waals surface area contributed by atoms with Gasteiger partial charge >= 0.3 is 0 Å². The van der Waals surface area contributed by atoms with E-state index < -0.39 is 25.6 Å². The SMILES string of the molecule is C/C=C/c1cn(CCC(C)C)c(=O)c(C2=NS(=O)(=O)c3cc(NS(C)(=O)=O)ccc3N2)c1O. The van der Waals surface area contributed by atoms with Gasteiger partial charge in [0.2, 0.25) is 10.0 Å². The summed E-state index contributed by atoms with van der Waals surface area (Å²) in [6, 6.07) is 3.87. The largest absolute Gasteiger partial charge is 0.506 e. The van der Waals surface area contributed by atoms with E-state index in [2.05, 4.69) is 14.4 Å². The lowest BCUT2D eigenvalue weighted by Crippen LogP contribution is -2.33. The zero-order chi connectivity index (χ0) is 24.6. The predicted octanol–water partition coefficient (Wildman–Crippen LogP) is 2.57. The fourth-order valence-corrected chi connectivity index (χ4v) is 5.00. The van der Waals surface area contributed by atoms with Crippen LogP contribution in [0.15, 0.2) is 44.6 Å². The van der Waals surface area contributed by atoms with E-state index in [1.807, 2.05) is 13.8 Å². The molecule has 10 nitrogen and oxygen atoms in total. The first-order valence-electron chi connectivity index (χ1n) is 10.2. The maximum atomic E-state index is 13.2. The van der Waals surface area contributed by atoms with Gasteiger partial charge in [-0.05, 0) is 37.5 Å². The molecule has 0 radical (unpaired) electrons. The average Bonchev–Trinajstić information content (AvgIpc) is 2.68. The third-order valence-electron chi connectivity index (χ3n) is 4.84. The minimum absolute atomic E-state index is 0.0502. The van der Waals surface area contributed by atoms with Crippen molar-refractivity contribution >= 4 is 43.3 Å². The molecule has 1 aromatic carbocycles. The van der Waals surface area contributed by atoms with Crippen molar-refractivity contribution in [2.45, 2.75) is 38.6 Å². The summed E-state index contributed by atoms with van der Waals surface area (Å²) < 4.78 is 56.1. The smallest absolute Gasteiger partial charge is 0.286 e. The molecule has 178 valence electrons. The van der Waals surface area contributed by atoms with Crippen LogP contribution in [0.1, 0.15) is 38.3 Å². The summed E-state index contributed by atoms with van der Waals surface area (Å²) >= 11 is 0. The Balaban J connectivity index is 2.16. The van der Waals surface area contributed by atoms with Crippen molar-refractivity contribution in [3.63, 3.8) is 0 Å². The molecule has 0 bridgehead atoms. The molecule has 12 heteroatoms. The van der Waals surface area contributed by atoms with E-state index in [-0.39, 0.29) is 33.4 Å². The van der Waals surface area contributed by atoms with Crippen molar-refractivity contribution in [2.24, 2.45) is 10.3 Å². The van der Waals surface area contributed by atoms with Gasteiger partial charge in [0.05, 0.1) is 11.9 Å². The molecule has 0 spiro atoms. The molecule has 1 aliphatic rings. The molecule has 3 rings (SSSR count). The van der Waals surface area contributed by atoms with E-state index in [0.717, 1.165) is 12.3 Å². The molecule has 0 aliphatic carbocycles. The van der Waals surface area contributed by atoms with Gasteiger partial charge in [-0.2, -0.15) is 8.42 Å². The normalized spacial score (nSPS) is 15.2. The molecule has 0 amide bonds. The molecular weight excluding hydrogens is 468 g/mol. The number of anilines is 2. The maximum absolute atomic E-state index is 13.2. The van der Waals surface area contributed by atoms with Gasteiger partial charge in [0, 0.05) is 24.0 Å². The highest BCUT2D eigenvalue weighted by atomic mass is 32.2. The number of benzene rings is 1. The Morgan fingerprint density at radius 1 is 1.30 bits per heavy atom. The molecule has 3 N–H and O–H groups in total. The number of rotatable bonds is 7. The lowest BCUT2D eigenvalue weighted by Gasteiger charge is -2.21. The van der Waals surface area contributed by atoms with Gasteiger partial charge in [0.1, 0.15) is 16.2 Å². The highest BCUT2D eigenvalue weighted by molar-refractivity contribution is 7.92. The molecule has 0 unspecified atom stereocenters. The Hall–Kier alpha value is -3.12. The van der Waals surface area contributed by atoms with Crippen LogP contribution in [0.4, 0.5) is 11.4 Å². The Bertz CT molecular complexity index is 1420. The van der Waals surface area contributed by atoms with Crippen LogP contribution in [0.5, 0.6) is 5.75 Å². The predicted molar refractivity (Wildman–Crippen MR) is 129 cm³/mol. The number of sulfonamides is 2. The minimum atomic E-state index is -4.30. The second kappa shape index (κ2) is 9.02. The lowest BCUT2D eigenvalue weighted by atomic mass is 10.1. The fourth-order valence-electron chi connectivity index (χ4n) is 3.30. The number of hydrogen-bond acceptors (Lipinski definition) is 7. The summed E-state index contributed by atoms with van der Waals surface area (Å²) in [4.78, 5) is 12.9. The van der Waals surface area contributed by atoms with E-state index in [4.69, 9.17) is 0 Å². The van der Waals surface area contributed by atoms with Crippen LogP contribution < -0.4 is 15.6 Å². The first-order chi connectivity index (χ1) is 15.3. The van der Waals surface area contributed by atoms with Crippen molar-refractivity contribution < 1.29 is 21.9 Å². The summed E-state index contributed by atoms with van der Waals surface area (Å²) in [5.41, 5.74) is -0.350. The molecule has 0 atom stereocenters. The minimum Gasteiger partial charge on any atom is -0.506 e. The number of nitrogens with zero attached hydrogens (tertiary/aromatic N) is 2. The first kappa shape index (κ1) is 24.5. The summed E-state index contributed by atoms with van der Waals surface area (Å²) in [5, 5.41) is 13.6. The number of aromatic hydroxyl groups is 1. The molecule has 0 saturated carbocycles. The van der Waals surface area contributed by atoms with Crippen molar-refractivity contribution in [2.75, 3.05) is 16.3 Å². The lowest BCUT2D eigenvalue weighted by molar-refractivity contribution is 0.462. The molecule has 0 saturated heterocycles. The standard InChI is InChI=1S/C21H26N4O6S2/c1-5-6-14-12-25(10-9-13(2)3)21(27)18(19(14)26)20-22-16-8-7-15(23-32(4,28)29)11-17(16)33(30,31)24-20/h5-8,11-13,23,26H,9-10H2,1-4H3,(H,22,24)/b6-5+. The zero-order valence-corrected chi connectivity index (χ0v) is 20.3. The average molecular weight is 495 g/mol. The zero-order valence-electron chi connectivity index (χ0n) is 18.7. The number of hydrogen-bond donors (Lipinski definition) is 3. The Labute approximate surface area is 192 Å². The fraction of sp³-hybridized carbons (Fsp3) is 0.333. The molecular formula is C21H26N4O6S2. The van der Waals surface area contributed by atoms with Gasteiger partial charge in [-0.25, -0.2) is 8.42 Å². The van der Waals surface area contributed by atoms with Gasteiger partial charge in [0.15, 0.2) is 5.84 Å². The molecule has 1 aromatic heterocycles. The van der Waals surface area contributed by atoms with E-state index in [9.17, 15) is 26.7 Å². The molecule has 33 heavy (non-hydrogen) atoms. The summed E-state index contributed by atoms with van der Waals surface area (Å²) in [7, 11) is -7.92. The second-order valence-corrected chi connectivity index (χ2v) is 11.4. The number of nitrogens with one attached hydrogen (secondary N) is 2. The van der Waals surface area contributed by atoms with E-state index in [0.29, 0.717) is 24.4 Å². The van der Waals surface area contributed by atoms with Crippen LogP contribution in [-0.4, -0.2) is 38.6 Å². The Morgan fingerprint density at radius 2 is 2.00 bits per heavy atom. The highest BCUT2D eigenvalue weighted by Crippen LogP contribution is 2.33. The summed E-state index contributed by atoms with van der Waals surface area (Å²) in [5.74, 6) is -0.371. The third kappa shape index (κ3) is 5.45. The number of fused-ring (bicyclic) bond motifs is 1. The van der Waals surface area contributed by atoms with Gasteiger partial charge < -0.3 is 15.0 Å². The maximum Gasteiger partial charge on any atom is 0.286 e. The van der Waals surface area contributed by atoms with Crippen LogP contribution in [0.3, 0.4) is 0 Å². The monoisotopic (exact) mass is 494 g/mol. The summed E-state index contributed by atoms with van der Waals surface area (Å²) in [6.07, 6.45) is 6.48. The number of allylic oxidation sites excluding steroid dienone is 1. The van der Waals surface area contributed by atoms with Crippen molar-refractivity contribution in [3.8, 4) is 5.75 Å². The van der Waals surface area contributed by atoms with Crippen molar-refractivity contribution in [1.82, 2.24) is 4.57 Å². The number of pyridine rings is 1. The van der Waals surface area contributed by atoms with E-state index in [1.165, 1.54) is 22.9 Å². The van der Waals surface area contributed by atoms with Crippen molar-refractivity contribution in [1.29, 1.82) is 0 Å². The van der Waals surface area contributed by atoms with E-state index >= 15 is 0 Å². The van der Waals surface area contributed by atoms with Gasteiger partial charge in [-0.3, -0.25) is 9.52 Å². The van der Waals surface area contributed by atoms with Gasteiger partial charge in [-0.1, -0.05) is 26.0 Å². The first-order valence-corrected chi connectivity index (χ1v) is 13.5. The molecule has 0 fully saturated rings. The Morgan fingerprint density at radius 3 is 2.61 bits per heavy atom. The van der Waals surface area contributed by atoms with Crippen molar-refractivity contribution in [3.05, 3.63) is 52.0 Å². The van der Waals surface area contributed by atoms with Gasteiger partial charge in [-0.15, -0.1) is 4.40 Å². The number of aryl methyl sites for hydroxylation is 1. The quantitative estimate of drug-likeness (QED) is 0.536. The van der Waals surface area contributed by atoms with E-state index in [1.54, 1.807) is 19.1 Å². The molecule has 1 aliphatic heterocycles. The second-order valence-electron chi connectivity index (χ2n) is 8.11. The van der Waals surface area contributed by atoms with Crippen LogP contribution in [-0.2, 0) is 26.6 Å². The highest BCUT2D eigenvalue weighted by Gasteiger charge is 2.30. The van der Waals surface area contributed by atoms with Crippen LogP contribution in [0.2, 0.25) is 0 Å². The Kier molecular flexibility index (Phi) is 6.70. The third-order valence-corrected chi connectivity index (χ3v) is 6.76. The molecule has 2 heterocycles. The molecule has 2 aromatic rings. The van der Waals surface area contributed by atoms with Gasteiger partial charge in [0.25, 0.3) is 15.6 Å². The number of amidine groups is 1.